The predicted molar refractivity (Wildman–Crippen MR) is 76.1 cm³/mol. The molecule has 0 aliphatic rings. The van der Waals surface area contributed by atoms with Gasteiger partial charge in [-0.3, -0.25) is 14.6 Å². The molecule has 0 aliphatic carbocycles. The Morgan fingerprint density at radius 2 is 2.00 bits per heavy atom. The van der Waals surface area contributed by atoms with Crippen LogP contribution in [0.1, 0.15) is 12.0 Å². The Labute approximate surface area is 124 Å². The zero-order chi connectivity index (χ0) is 15.7. The molecule has 0 bridgehead atoms. The molecule has 0 saturated heterocycles. The van der Waals surface area contributed by atoms with Gasteiger partial charge in [-0.2, -0.15) is 0 Å². The fourth-order valence-electron chi connectivity index (χ4n) is 1.79. The van der Waals surface area contributed by atoms with Crippen LogP contribution < -0.4 is 5.73 Å². The maximum atomic E-state index is 12.3. The number of amides is 1. The zero-order valence-electron chi connectivity index (χ0n) is 12.3. The van der Waals surface area contributed by atoms with Gasteiger partial charge in [0.15, 0.2) is 0 Å². The largest absolute Gasteiger partial charge is 0.469 e. The molecule has 1 aromatic rings. The fourth-order valence-corrected chi connectivity index (χ4v) is 1.79. The summed E-state index contributed by atoms with van der Waals surface area (Å²) in [6, 6.07) is 2.86. The van der Waals surface area contributed by atoms with E-state index in [1.54, 1.807) is 24.5 Å². The second-order valence-corrected chi connectivity index (χ2v) is 4.50. The highest BCUT2D eigenvalue weighted by molar-refractivity contribution is 5.82. The number of nitrogens with zero attached hydrogens (tertiary/aromatic N) is 2. The van der Waals surface area contributed by atoms with E-state index in [4.69, 9.17) is 10.5 Å². The Balaban J connectivity index is 2.73. The van der Waals surface area contributed by atoms with Crippen molar-refractivity contribution in [2.24, 2.45) is 5.73 Å². The van der Waals surface area contributed by atoms with E-state index in [1.807, 2.05) is 0 Å². The van der Waals surface area contributed by atoms with Crippen molar-refractivity contribution in [3.63, 3.8) is 0 Å². The molecule has 1 amide bonds. The fraction of sp³-hybridized carbons (Fsp3) is 0.500. The molecular weight excluding hydrogens is 274 g/mol. The molecule has 2 N–H and O–H groups in total. The standard InChI is InChI=1S/C14H21N3O4/c1-20-10-12(15)14(19)17(8-5-13(18)21-2)9-11-3-6-16-7-4-11/h3-4,6-7,12H,5,8-10,15H2,1-2H3. The minimum absolute atomic E-state index is 0.118. The third-order valence-corrected chi connectivity index (χ3v) is 2.91. The molecule has 1 heterocycles. The first kappa shape index (κ1) is 17.1. The van der Waals surface area contributed by atoms with Crippen molar-refractivity contribution in [1.82, 2.24) is 9.88 Å². The Morgan fingerprint density at radius 3 is 2.57 bits per heavy atom. The minimum atomic E-state index is -0.755. The lowest BCUT2D eigenvalue weighted by Gasteiger charge is -2.25. The van der Waals surface area contributed by atoms with Gasteiger partial charge in [-0.05, 0) is 17.7 Å². The molecule has 0 fully saturated rings. The van der Waals surface area contributed by atoms with Crippen molar-refractivity contribution in [3.8, 4) is 0 Å². The molecule has 1 unspecified atom stereocenters. The summed E-state index contributed by atoms with van der Waals surface area (Å²) in [4.78, 5) is 29.0. The first-order valence-corrected chi connectivity index (χ1v) is 6.57. The number of hydrogen-bond donors (Lipinski definition) is 1. The number of methoxy groups -OCH3 is 2. The number of nitrogens with two attached hydrogens (primary N) is 1. The summed E-state index contributed by atoms with van der Waals surface area (Å²) in [5, 5.41) is 0. The van der Waals surface area contributed by atoms with Crippen molar-refractivity contribution in [2.45, 2.75) is 19.0 Å². The molecule has 1 atom stereocenters. The highest BCUT2D eigenvalue weighted by Gasteiger charge is 2.22. The van der Waals surface area contributed by atoms with Gasteiger partial charge in [0.2, 0.25) is 5.91 Å². The lowest BCUT2D eigenvalue weighted by molar-refractivity contribution is -0.142. The van der Waals surface area contributed by atoms with Crippen molar-refractivity contribution in [3.05, 3.63) is 30.1 Å². The van der Waals surface area contributed by atoms with Gasteiger partial charge in [0.1, 0.15) is 6.04 Å². The van der Waals surface area contributed by atoms with E-state index in [1.165, 1.54) is 19.1 Å². The monoisotopic (exact) mass is 295 g/mol. The highest BCUT2D eigenvalue weighted by atomic mass is 16.5. The van der Waals surface area contributed by atoms with Gasteiger partial charge in [-0.1, -0.05) is 0 Å². The maximum Gasteiger partial charge on any atom is 0.307 e. The number of aromatic nitrogens is 1. The number of hydrogen-bond acceptors (Lipinski definition) is 6. The summed E-state index contributed by atoms with van der Waals surface area (Å²) >= 11 is 0. The number of carbonyl (C=O) groups excluding carboxylic acids is 2. The van der Waals surface area contributed by atoms with Crippen LogP contribution in [0, 0.1) is 0 Å². The average Bonchev–Trinajstić information content (AvgIpc) is 2.51. The maximum absolute atomic E-state index is 12.3. The second kappa shape index (κ2) is 9.04. The normalized spacial score (nSPS) is 11.8. The van der Waals surface area contributed by atoms with Crippen molar-refractivity contribution >= 4 is 11.9 Å². The van der Waals surface area contributed by atoms with Crippen LogP contribution in [0.15, 0.2) is 24.5 Å². The molecule has 0 saturated carbocycles. The lowest BCUT2D eigenvalue weighted by Crippen LogP contribution is -2.46. The van der Waals surface area contributed by atoms with Crippen molar-refractivity contribution < 1.29 is 19.1 Å². The Hall–Kier alpha value is -1.99. The van der Waals surface area contributed by atoms with Gasteiger partial charge in [-0.25, -0.2) is 0 Å². The summed E-state index contributed by atoms with van der Waals surface area (Å²) < 4.78 is 9.49. The van der Waals surface area contributed by atoms with Crippen LogP contribution in [0.3, 0.4) is 0 Å². The van der Waals surface area contributed by atoms with Crippen LogP contribution in [0.25, 0.3) is 0 Å². The van der Waals surface area contributed by atoms with Gasteiger partial charge >= 0.3 is 5.97 Å². The zero-order valence-corrected chi connectivity index (χ0v) is 12.3. The van der Waals surface area contributed by atoms with Crippen LogP contribution in [-0.2, 0) is 25.6 Å². The third kappa shape index (κ3) is 5.88. The highest BCUT2D eigenvalue weighted by Crippen LogP contribution is 2.06. The predicted octanol–water partition coefficient (Wildman–Crippen LogP) is -0.0530. The van der Waals surface area contributed by atoms with Gasteiger partial charge in [0.05, 0.1) is 20.1 Å². The Kier molecular flexibility index (Phi) is 7.34. The van der Waals surface area contributed by atoms with Gasteiger partial charge in [-0.15, -0.1) is 0 Å². The molecule has 0 spiro atoms. The van der Waals surface area contributed by atoms with E-state index >= 15 is 0 Å². The quantitative estimate of drug-likeness (QED) is 0.676. The molecule has 7 nitrogen and oxygen atoms in total. The summed E-state index contributed by atoms with van der Waals surface area (Å²) in [6.45, 7) is 0.727. The molecule has 0 aromatic carbocycles. The van der Waals surface area contributed by atoms with E-state index in [0.29, 0.717) is 6.54 Å². The smallest absolute Gasteiger partial charge is 0.307 e. The number of esters is 1. The van der Waals surface area contributed by atoms with Crippen LogP contribution in [0.5, 0.6) is 0 Å². The van der Waals surface area contributed by atoms with E-state index in [9.17, 15) is 9.59 Å². The van der Waals surface area contributed by atoms with Crippen LogP contribution in [-0.4, -0.2) is 55.2 Å². The van der Waals surface area contributed by atoms with Crippen molar-refractivity contribution in [1.29, 1.82) is 0 Å². The molecule has 0 radical (unpaired) electrons. The summed E-state index contributed by atoms with van der Waals surface area (Å²) in [6.07, 6.45) is 3.41. The summed E-state index contributed by atoms with van der Waals surface area (Å²) in [7, 11) is 2.79. The van der Waals surface area contributed by atoms with Crippen LogP contribution in [0.2, 0.25) is 0 Å². The first-order valence-electron chi connectivity index (χ1n) is 6.57. The molecule has 116 valence electrons. The van der Waals surface area contributed by atoms with E-state index in [0.717, 1.165) is 5.56 Å². The number of ether oxygens (including phenoxy) is 2. The van der Waals surface area contributed by atoms with Crippen molar-refractivity contribution in [2.75, 3.05) is 27.4 Å². The Bertz CT molecular complexity index is 453. The molecular formula is C14H21N3O4. The SMILES string of the molecule is COCC(N)C(=O)N(CCC(=O)OC)Cc1ccncc1. The Morgan fingerprint density at radius 1 is 1.33 bits per heavy atom. The summed E-state index contributed by atoms with van der Waals surface area (Å²) in [5.41, 5.74) is 6.69. The molecule has 1 rings (SSSR count). The van der Waals surface area contributed by atoms with E-state index in [-0.39, 0.29) is 31.4 Å². The van der Waals surface area contributed by atoms with Gasteiger partial charge in [0, 0.05) is 32.6 Å². The first-order chi connectivity index (χ1) is 10.1. The lowest BCUT2D eigenvalue weighted by atomic mass is 10.2. The number of pyridine rings is 1. The minimum Gasteiger partial charge on any atom is -0.469 e. The van der Waals surface area contributed by atoms with E-state index < -0.39 is 6.04 Å². The van der Waals surface area contributed by atoms with Crippen LogP contribution in [0.4, 0.5) is 0 Å². The van der Waals surface area contributed by atoms with E-state index in [2.05, 4.69) is 9.72 Å². The topological polar surface area (TPSA) is 94.8 Å². The second-order valence-electron chi connectivity index (χ2n) is 4.50. The molecule has 21 heavy (non-hydrogen) atoms. The average molecular weight is 295 g/mol. The van der Waals surface area contributed by atoms with Gasteiger partial charge < -0.3 is 20.1 Å². The summed E-state index contributed by atoms with van der Waals surface area (Å²) in [5.74, 6) is -0.639. The van der Waals surface area contributed by atoms with Gasteiger partial charge in [0.25, 0.3) is 0 Å². The third-order valence-electron chi connectivity index (χ3n) is 2.91. The number of rotatable bonds is 8. The molecule has 7 heteroatoms. The number of carbonyl (C=O) groups is 2. The molecule has 0 aliphatic heterocycles. The molecule has 1 aromatic heterocycles. The van der Waals surface area contributed by atoms with Crippen LogP contribution >= 0.6 is 0 Å².